The number of rotatable bonds is 4. The number of carbonyl (C=O) groups excluding carboxylic acids is 1. The van der Waals surface area contributed by atoms with Crippen LogP contribution in [0.2, 0.25) is 0 Å². The standard InChI is InChI=1S/C10H10F2N2O4/c1-5-9(10(11)12)6(4-8(15)18-2)3-7(13-5)14(16)17/h3,10H,4H2,1-2H3. The highest BCUT2D eigenvalue weighted by atomic mass is 19.3. The lowest BCUT2D eigenvalue weighted by Crippen LogP contribution is -2.10. The Kier molecular flexibility index (Phi) is 4.24. The quantitative estimate of drug-likeness (QED) is 0.469. The molecule has 1 aromatic heterocycles. The lowest BCUT2D eigenvalue weighted by Gasteiger charge is -2.08. The number of hydrogen-bond acceptors (Lipinski definition) is 5. The van der Waals surface area contributed by atoms with E-state index in [1.165, 1.54) is 6.92 Å². The SMILES string of the molecule is COC(=O)Cc1cc([N+](=O)[O-])nc(C)c1C(F)F. The lowest BCUT2D eigenvalue weighted by molar-refractivity contribution is -0.389. The van der Waals surface area contributed by atoms with E-state index in [2.05, 4.69) is 9.72 Å². The number of nitrogens with zero attached hydrogens (tertiary/aromatic N) is 2. The van der Waals surface area contributed by atoms with Crippen LogP contribution in [0, 0.1) is 17.0 Å². The van der Waals surface area contributed by atoms with Gasteiger partial charge in [-0.1, -0.05) is 0 Å². The van der Waals surface area contributed by atoms with Gasteiger partial charge in [0.1, 0.15) is 0 Å². The molecule has 0 atom stereocenters. The Balaban J connectivity index is 3.33. The number of pyridine rings is 1. The van der Waals surface area contributed by atoms with Gasteiger partial charge in [0.25, 0.3) is 6.43 Å². The Hall–Kier alpha value is -2.12. The summed E-state index contributed by atoms with van der Waals surface area (Å²) in [4.78, 5) is 24.3. The Bertz CT molecular complexity index is 491. The molecule has 0 saturated heterocycles. The molecule has 0 aromatic carbocycles. The molecular weight excluding hydrogens is 250 g/mol. The first-order valence-corrected chi connectivity index (χ1v) is 4.86. The Labute approximate surface area is 101 Å². The Morgan fingerprint density at radius 1 is 1.61 bits per heavy atom. The van der Waals surface area contributed by atoms with Crippen LogP contribution in [0.1, 0.15) is 23.2 Å². The molecule has 0 saturated carbocycles. The van der Waals surface area contributed by atoms with Crippen LogP contribution >= 0.6 is 0 Å². The molecule has 8 heteroatoms. The van der Waals surface area contributed by atoms with Crippen LogP contribution in [-0.2, 0) is 16.0 Å². The number of aryl methyl sites for hydroxylation is 1. The molecule has 0 amide bonds. The summed E-state index contributed by atoms with van der Waals surface area (Å²) in [5, 5.41) is 10.6. The van der Waals surface area contributed by atoms with Crippen molar-refractivity contribution < 1.29 is 23.2 Å². The minimum absolute atomic E-state index is 0.143. The highest BCUT2D eigenvalue weighted by Crippen LogP contribution is 2.28. The molecule has 0 aliphatic carbocycles. The molecule has 0 radical (unpaired) electrons. The van der Waals surface area contributed by atoms with Crippen molar-refractivity contribution in [1.29, 1.82) is 0 Å². The molecule has 1 rings (SSSR count). The molecule has 18 heavy (non-hydrogen) atoms. The number of ether oxygens (including phenoxy) is 1. The van der Waals surface area contributed by atoms with Crippen LogP contribution in [0.3, 0.4) is 0 Å². The van der Waals surface area contributed by atoms with Crippen LogP contribution in [0.15, 0.2) is 6.07 Å². The Morgan fingerprint density at radius 2 is 2.22 bits per heavy atom. The van der Waals surface area contributed by atoms with E-state index in [1.807, 2.05) is 0 Å². The van der Waals surface area contributed by atoms with Crippen molar-refractivity contribution in [3.05, 3.63) is 33.0 Å². The van der Waals surface area contributed by atoms with Crippen molar-refractivity contribution >= 4 is 11.8 Å². The van der Waals surface area contributed by atoms with Gasteiger partial charge in [-0.25, -0.2) is 8.78 Å². The fraction of sp³-hybridized carbons (Fsp3) is 0.400. The molecule has 0 fully saturated rings. The van der Waals surface area contributed by atoms with E-state index in [9.17, 15) is 23.7 Å². The predicted octanol–water partition coefficient (Wildman–Crippen LogP) is 1.95. The zero-order valence-corrected chi connectivity index (χ0v) is 9.65. The number of esters is 1. The van der Waals surface area contributed by atoms with Gasteiger partial charge in [0.15, 0.2) is 5.69 Å². The maximum atomic E-state index is 12.8. The summed E-state index contributed by atoms with van der Waals surface area (Å²) in [7, 11) is 1.10. The van der Waals surface area contributed by atoms with Gasteiger partial charge in [-0.15, -0.1) is 0 Å². The third-order valence-electron chi connectivity index (χ3n) is 2.29. The molecule has 0 N–H and O–H groups in total. The van der Waals surface area contributed by atoms with E-state index in [0.717, 1.165) is 13.2 Å². The van der Waals surface area contributed by atoms with Crippen LogP contribution in [0.25, 0.3) is 0 Å². The Morgan fingerprint density at radius 3 is 2.67 bits per heavy atom. The average Bonchev–Trinajstić information content (AvgIpc) is 2.27. The molecule has 1 heterocycles. The molecule has 0 spiro atoms. The van der Waals surface area contributed by atoms with Crippen molar-refractivity contribution in [3.63, 3.8) is 0 Å². The molecule has 0 aliphatic heterocycles. The maximum Gasteiger partial charge on any atom is 0.363 e. The summed E-state index contributed by atoms with van der Waals surface area (Å²) >= 11 is 0. The second-order valence-corrected chi connectivity index (χ2v) is 3.45. The topological polar surface area (TPSA) is 82.3 Å². The molecule has 98 valence electrons. The largest absolute Gasteiger partial charge is 0.469 e. The van der Waals surface area contributed by atoms with Crippen molar-refractivity contribution in [2.45, 2.75) is 19.8 Å². The van der Waals surface area contributed by atoms with Gasteiger partial charge in [-0.05, 0) is 15.5 Å². The molecular formula is C10H10F2N2O4. The van der Waals surface area contributed by atoms with Gasteiger partial charge in [0.2, 0.25) is 0 Å². The summed E-state index contributed by atoms with van der Waals surface area (Å²) in [6.45, 7) is 1.23. The monoisotopic (exact) mass is 260 g/mol. The van der Waals surface area contributed by atoms with Crippen molar-refractivity contribution in [2.24, 2.45) is 0 Å². The van der Waals surface area contributed by atoms with E-state index >= 15 is 0 Å². The third-order valence-corrected chi connectivity index (χ3v) is 2.29. The third kappa shape index (κ3) is 2.96. The first-order chi connectivity index (χ1) is 8.36. The molecule has 0 bridgehead atoms. The number of halogens is 2. The summed E-state index contributed by atoms with van der Waals surface area (Å²) in [6.07, 6.45) is -3.32. The second-order valence-electron chi connectivity index (χ2n) is 3.45. The molecule has 0 unspecified atom stereocenters. The number of aromatic nitrogens is 1. The van der Waals surface area contributed by atoms with Crippen LogP contribution in [-0.4, -0.2) is 23.0 Å². The number of hydrogen-bond donors (Lipinski definition) is 0. The first kappa shape index (κ1) is 13.9. The number of alkyl halides is 2. The van der Waals surface area contributed by atoms with Crippen LogP contribution in [0.5, 0.6) is 0 Å². The van der Waals surface area contributed by atoms with Gasteiger partial charge in [0, 0.05) is 13.0 Å². The van der Waals surface area contributed by atoms with Gasteiger partial charge < -0.3 is 14.9 Å². The van der Waals surface area contributed by atoms with Gasteiger partial charge in [0.05, 0.1) is 19.1 Å². The summed E-state index contributed by atoms with van der Waals surface area (Å²) in [5.74, 6) is -1.33. The smallest absolute Gasteiger partial charge is 0.363 e. The zero-order valence-electron chi connectivity index (χ0n) is 9.65. The van der Waals surface area contributed by atoms with E-state index in [1.54, 1.807) is 0 Å². The highest BCUT2D eigenvalue weighted by molar-refractivity contribution is 5.73. The van der Waals surface area contributed by atoms with E-state index in [-0.39, 0.29) is 11.3 Å². The second kappa shape index (κ2) is 5.48. The van der Waals surface area contributed by atoms with Crippen LogP contribution < -0.4 is 0 Å². The molecule has 1 aromatic rings. The minimum Gasteiger partial charge on any atom is -0.469 e. The fourth-order valence-electron chi connectivity index (χ4n) is 1.50. The van der Waals surface area contributed by atoms with Crippen molar-refractivity contribution in [1.82, 2.24) is 4.98 Å². The van der Waals surface area contributed by atoms with Gasteiger partial charge in [-0.2, -0.15) is 0 Å². The maximum absolute atomic E-state index is 12.8. The summed E-state index contributed by atoms with van der Waals surface area (Å²) in [6, 6.07) is 0.866. The van der Waals surface area contributed by atoms with Crippen molar-refractivity contribution in [2.75, 3.05) is 7.11 Å². The first-order valence-electron chi connectivity index (χ1n) is 4.86. The van der Waals surface area contributed by atoms with Crippen molar-refractivity contribution in [3.8, 4) is 0 Å². The summed E-state index contributed by atoms with van der Waals surface area (Å²) in [5.41, 5.74) is -0.778. The molecule has 0 aliphatic rings. The van der Waals surface area contributed by atoms with E-state index < -0.39 is 35.1 Å². The number of nitro groups is 1. The number of methoxy groups -OCH3 is 1. The summed E-state index contributed by atoms with van der Waals surface area (Å²) < 4.78 is 30.0. The van der Waals surface area contributed by atoms with Crippen LogP contribution in [0.4, 0.5) is 14.6 Å². The van der Waals surface area contributed by atoms with Gasteiger partial charge >= 0.3 is 11.8 Å². The minimum atomic E-state index is -2.86. The fourth-order valence-corrected chi connectivity index (χ4v) is 1.50. The normalized spacial score (nSPS) is 10.5. The average molecular weight is 260 g/mol. The zero-order chi connectivity index (χ0) is 13.9. The number of carbonyl (C=O) groups is 1. The van der Waals surface area contributed by atoms with Gasteiger partial charge in [-0.3, -0.25) is 4.79 Å². The lowest BCUT2D eigenvalue weighted by atomic mass is 10.0. The predicted molar refractivity (Wildman–Crippen MR) is 56.3 cm³/mol. The highest BCUT2D eigenvalue weighted by Gasteiger charge is 2.25. The van der Waals surface area contributed by atoms with E-state index in [4.69, 9.17) is 0 Å². The molecule has 6 nitrogen and oxygen atoms in total. The van der Waals surface area contributed by atoms with E-state index in [0.29, 0.717) is 0 Å².